The second-order valence-electron chi connectivity index (χ2n) is 3.29. The summed E-state index contributed by atoms with van der Waals surface area (Å²) in [6, 6.07) is 8.95. The lowest BCUT2D eigenvalue weighted by atomic mass is 10.2. The molecule has 1 heterocycles. The second-order valence-corrected chi connectivity index (χ2v) is 3.29. The van der Waals surface area contributed by atoms with Gasteiger partial charge in [-0.1, -0.05) is 24.8 Å². The maximum atomic E-state index is 11.5. The average Bonchev–Trinajstić information content (AvgIpc) is 2.17. The third-order valence-corrected chi connectivity index (χ3v) is 2.02. The molecule has 0 amide bonds. The summed E-state index contributed by atoms with van der Waals surface area (Å²) in [5.74, 6) is -0.307. The maximum Gasteiger partial charge on any atom is 0.357 e. The summed E-state index contributed by atoms with van der Waals surface area (Å²) >= 11 is 0. The molecule has 72 valence electrons. The molecule has 1 aliphatic heterocycles. The molecular weight excluding hydrogens is 178 g/mol. The number of nitrogens with zero attached hydrogens (tertiary/aromatic N) is 1. The van der Waals surface area contributed by atoms with Crippen LogP contribution < -0.4 is 0 Å². The quantitative estimate of drug-likeness (QED) is 0.662. The van der Waals surface area contributed by atoms with Gasteiger partial charge in [0, 0.05) is 0 Å². The SMILES string of the molecule is C=C1CN(OC(=O)c2ccccc2)C1. The molecule has 3 nitrogen and oxygen atoms in total. The predicted octanol–water partition coefficient (Wildman–Crippen LogP) is 1.63. The molecule has 0 atom stereocenters. The second kappa shape index (κ2) is 3.64. The van der Waals surface area contributed by atoms with Crippen molar-refractivity contribution < 1.29 is 9.63 Å². The Morgan fingerprint density at radius 3 is 2.50 bits per heavy atom. The van der Waals surface area contributed by atoms with Crippen LogP contribution in [0.3, 0.4) is 0 Å². The van der Waals surface area contributed by atoms with Crippen LogP contribution in [0.15, 0.2) is 42.5 Å². The fraction of sp³-hybridized carbons (Fsp3) is 0.182. The molecule has 14 heavy (non-hydrogen) atoms. The van der Waals surface area contributed by atoms with Crippen LogP contribution >= 0.6 is 0 Å². The Bertz CT molecular complexity index is 351. The van der Waals surface area contributed by atoms with Crippen molar-refractivity contribution in [3.05, 3.63) is 48.0 Å². The number of rotatable bonds is 2. The topological polar surface area (TPSA) is 29.5 Å². The van der Waals surface area contributed by atoms with E-state index in [2.05, 4.69) is 6.58 Å². The van der Waals surface area contributed by atoms with Gasteiger partial charge in [-0.2, -0.15) is 0 Å². The van der Waals surface area contributed by atoms with Crippen LogP contribution in [0.4, 0.5) is 0 Å². The van der Waals surface area contributed by atoms with Gasteiger partial charge in [-0.15, -0.1) is 5.06 Å². The fourth-order valence-corrected chi connectivity index (χ4v) is 1.26. The first-order chi connectivity index (χ1) is 6.75. The van der Waals surface area contributed by atoms with Crippen LogP contribution in [-0.4, -0.2) is 24.1 Å². The molecule has 1 aromatic rings. The van der Waals surface area contributed by atoms with Crippen molar-refractivity contribution in [3.63, 3.8) is 0 Å². The summed E-state index contributed by atoms with van der Waals surface area (Å²) < 4.78 is 0. The Balaban J connectivity index is 1.93. The average molecular weight is 189 g/mol. The van der Waals surface area contributed by atoms with Gasteiger partial charge in [0.15, 0.2) is 0 Å². The Hall–Kier alpha value is -1.61. The minimum atomic E-state index is -0.307. The number of benzene rings is 1. The first kappa shape index (κ1) is 8.97. The minimum Gasteiger partial charge on any atom is -0.363 e. The van der Waals surface area contributed by atoms with E-state index in [1.54, 1.807) is 17.2 Å². The van der Waals surface area contributed by atoms with Crippen molar-refractivity contribution in [1.82, 2.24) is 5.06 Å². The lowest BCUT2D eigenvalue weighted by molar-refractivity contribution is -0.123. The maximum absolute atomic E-state index is 11.5. The molecular formula is C11H11NO2. The van der Waals surface area contributed by atoms with Crippen molar-refractivity contribution in [2.24, 2.45) is 0 Å². The monoisotopic (exact) mass is 189 g/mol. The van der Waals surface area contributed by atoms with Crippen LogP contribution in [0, 0.1) is 0 Å². The van der Waals surface area contributed by atoms with Gasteiger partial charge >= 0.3 is 5.97 Å². The highest BCUT2D eigenvalue weighted by Gasteiger charge is 2.22. The summed E-state index contributed by atoms with van der Waals surface area (Å²) in [6.07, 6.45) is 0. The summed E-state index contributed by atoms with van der Waals surface area (Å²) in [5.41, 5.74) is 1.66. The summed E-state index contributed by atoms with van der Waals surface area (Å²) in [5, 5.41) is 1.59. The normalized spacial score (nSPS) is 16.1. The van der Waals surface area contributed by atoms with E-state index in [4.69, 9.17) is 4.84 Å². The zero-order valence-corrected chi connectivity index (χ0v) is 7.77. The van der Waals surface area contributed by atoms with E-state index in [-0.39, 0.29) is 5.97 Å². The van der Waals surface area contributed by atoms with Gasteiger partial charge in [-0.05, 0) is 17.7 Å². The van der Waals surface area contributed by atoms with E-state index in [1.807, 2.05) is 18.2 Å². The summed E-state index contributed by atoms with van der Waals surface area (Å²) in [6.45, 7) is 5.06. The molecule has 1 aliphatic rings. The minimum absolute atomic E-state index is 0.307. The Kier molecular flexibility index (Phi) is 2.33. The van der Waals surface area contributed by atoms with Crippen LogP contribution in [0.5, 0.6) is 0 Å². The zero-order chi connectivity index (χ0) is 9.97. The Morgan fingerprint density at radius 1 is 1.29 bits per heavy atom. The molecule has 0 bridgehead atoms. The van der Waals surface area contributed by atoms with E-state index in [9.17, 15) is 4.79 Å². The van der Waals surface area contributed by atoms with Gasteiger partial charge in [0.05, 0.1) is 18.7 Å². The molecule has 0 aromatic heterocycles. The zero-order valence-electron chi connectivity index (χ0n) is 7.77. The molecule has 0 N–H and O–H groups in total. The van der Waals surface area contributed by atoms with Gasteiger partial charge in [0.1, 0.15) is 0 Å². The largest absolute Gasteiger partial charge is 0.363 e. The number of carbonyl (C=O) groups excluding carboxylic acids is 1. The fourth-order valence-electron chi connectivity index (χ4n) is 1.26. The molecule has 0 spiro atoms. The van der Waals surface area contributed by atoms with Gasteiger partial charge in [-0.3, -0.25) is 0 Å². The Morgan fingerprint density at radius 2 is 1.93 bits per heavy atom. The first-order valence-electron chi connectivity index (χ1n) is 4.44. The third-order valence-electron chi connectivity index (χ3n) is 2.02. The van der Waals surface area contributed by atoms with E-state index < -0.39 is 0 Å². The van der Waals surface area contributed by atoms with Crippen molar-refractivity contribution >= 4 is 5.97 Å². The number of carbonyl (C=O) groups is 1. The van der Waals surface area contributed by atoms with E-state index in [0.717, 1.165) is 5.57 Å². The third kappa shape index (κ3) is 1.83. The highest BCUT2D eigenvalue weighted by atomic mass is 16.7. The van der Waals surface area contributed by atoms with E-state index in [1.165, 1.54) is 0 Å². The van der Waals surface area contributed by atoms with Crippen molar-refractivity contribution in [2.75, 3.05) is 13.1 Å². The van der Waals surface area contributed by atoms with Crippen LogP contribution in [0.1, 0.15) is 10.4 Å². The number of hydroxylamine groups is 2. The predicted molar refractivity (Wildman–Crippen MR) is 52.6 cm³/mol. The molecule has 0 unspecified atom stereocenters. The highest BCUT2D eigenvalue weighted by Crippen LogP contribution is 2.13. The molecule has 0 aliphatic carbocycles. The molecule has 0 radical (unpaired) electrons. The first-order valence-corrected chi connectivity index (χ1v) is 4.44. The summed E-state index contributed by atoms with van der Waals surface area (Å²) in [4.78, 5) is 16.5. The van der Waals surface area contributed by atoms with Crippen molar-refractivity contribution in [2.45, 2.75) is 0 Å². The highest BCUT2D eigenvalue weighted by molar-refractivity contribution is 5.89. The Labute approximate surface area is 82.5 Å². The van der Waals surface area contributed by atoms with Gasteiger partial charge in [-0.25, -0.2) is 4.79 Å². The standard InChI is InChI=1S/C11H11NO2/c1-9-7-12(8-9)14-11(13)10-5-3-2-4-6-10/h2-6H,1,7-8H2. The van der Waals surface area contributed by atoms with Crippen LogP contribution in [-0.2, 0) is 4.84 Å². The lowest BCUT2D eigenvalue weighted by Gasteiger charge is -2.30. The van der Waals surface area contributed by atoms with Crippen molar-refractivity contribution in [1.29, 1.82) is 0 Å². The van der Waals surface area contributed by atoms with E-state index >= 15 is 0 Å². The summed E-state index contributed by atoms with van der Waals surface area (Å²) in [7, 11) is 0. The molecule has 1 fully saturated rings. The van der Waals surface area contributed by atoms with Crippen LogP contribution in [0.2, 0.25) is 0 Å². The van der Waals surface area contributed by atoms with Gasteiger partial charge in [0.2, 0.25) is 0 Å². The van der Waals surface area contributed by atoms with Crippen molar-refractivity contribution in [3.8, 4) is 0 Å². The number of hydrogen-bond donors (Lipinski definition) is 0. The lowest BCUT2D eigenvalue weighted by Crippen LogP contribution is -2.40. The molecule has 0 saturated carbocycles. The molecule has 3 heteroatoms. The van der Waals surface area contributed by atoms with Gasteiger partial charge in [0.25, 0.3) is 0 Å². The van der Waals surface area contributed by atoms with Crippen LogP contribution in [0.25, 0.3) is 0 Å². The molecule has 1 aromatic carbocycles. The molecule has 2 rings (SSSR count). The van der Waals surface area contributed by atoms with E-state index in [0.29, 0.717) is 18.7 Å². The van der Waals surface area contributed by atoms with Gasteiger partial charge < -0.3 is 4.84 Å². The smallest absolute Gasteiger partial charge is 0.357 e. The molecule has 1 saturated heterocycles. The number of hydrogen-bond acceptors (Lipinski definition) is 3.